The molecule has 0 bridgehead atoms. The van der Waals surface area contributed by atoms with Gasteiger partial charge in [-0.2, -0.15) is 20.1 Å². The number of hydrogen-bond acceptors (Lipinski definition) is 4. The lowest BCUT2D eigenvalue weighted by Gasteiger charge is -2.24. The smallest absolute Gasteiger partial charge is 0.387 e. The Hall–Kier alpha value is -1.99. The molecule has 2 aromatic rings. The minimum Gasteiger partial charge on any atom is -0.435 e. The van der Waals surface area contributed by atoms with Crippen LogP contribution in [0.2, 0.25) is 0 Å². The largest absolute Gasteiger partial charge is 0.435 e. The summed E-state index contributed by atoms with van der Waals surface area (Å²) in [6.45, 7) is -2.34. The maximum Gasteiger partial charge on any atom is 0.387 e. The molecule has 1 atom stereocenters. The van der Waals surface area contributed by atoms with Crippen molar-refractivity contribution < 1.29 is 18.3 Å². The summed E-state index contributed by atoms with van der Waals surface area (Å²) in [4.78, 5) is 14.1. The predicted octanol–water partition coefficient (Wildman–Crippen LogP) is 3.31. The first-order chi connectivity index (χ1) is 11.5. The molecule has 0 fully saturated rings. The van der Waals surface area contributed by atoms with Crippen LogP contribution in [0.1, 0.15) is 17.2 Å². The van der Waals surface area contributed by atoms with Crippen molar-refractivity contribution in [3.63, 3.8) is 0 Å². The molecule has 0 spiro atoms. The van der Waals surface area contributed by atoms with Gasteiger partial charge in [0.25, 0.3) is 0 Å². The van der Waals surface area contributed by atoms with Gasteiger partial charge in [-0.3, -0.25) is 4.79 Å². The Morgan fingerprint density at radius 2 is 1.96 bits per heavy atom. The fourth-order valence-electron chi connectivity index (χ4n) is 2.31. The number of ether oxygens (including phenoxy) is 1. The van der Waals surface area contributed by atoms with Crippen molar-refractivity contribution in [1.82, 2.24) is 10.2 Å². The second-order valence-corrected chi connectivity index (χ2v) is 6.32. The molecule has 1 aromatic heterocycles. The van der Waals surface area contributed by atoms with Crippen molar-refractivity contribution in [3.8, 4) is 5.75 Å². The first-order valence-electron chi connectivity index (χ1n) is 7.44. The third-order valence-electron chi connectivity index (χ3n) is 3.56. The molecule has 1 aromatic carbocycles. The van der Waals surface area contributed by atoms with Gasteiger partial charge in [-0.1, -0.05) is 12.1 Å². The molecule has 0 saturated heterocycles. The van der Waals surface area contributed by atoms with Gasteiger partial charge in [0.15, 0.2) is 0 Å². The van der Waals surface area contributed by atoms with E-state index >= 15 is 0 Å². The Balaban J connectivity index is 1.86. The molecule has 1 heterocycles. The molecule has 2 rings (SSSR count). The van der Waals surface area contributed by atoms with E-state index < -0.39 is 6.61 Å². The Kier molecular flexibility index (Phi) is 6.69. The van der Waals surface area contributed by atoms with Crippen molar-refractivity contribution in [3.05, 3.63) is 52.2 Å². The summed E-state index contributed by atoms with van der Waals surface area (Å²) in [5, 5.41) is 7.00. The predicted molar refractivity (Wildman–Crippen MR) is 90.5 cm³/mol. The van der Waals surface area contributed by atoms with E-state index in [9.17, 15) is 13.6 Å². The number of nitrogens with one attached hydrogen (secondary N) is 1. The van der Waals surface area contributed by atoms with E-state index in [-0.39, 0.29) is 24.1 Å². The molecule has 0 radical (unpaired) electrons. The van der Waals surface area contributed by atoms with E-state index in [1.165, 1.54) is 17.7 Å². The van der Waals surface area contributed by atoms with Crippen LogP contribution in [0.4, 0.5) is 8.78 Å². The zero-order valence-electron chi connectivity index (χ0n) is 13.5. The van der Waals surface area contributed by atoms with E-state index in [4.69, 9.17) is 0 Å². The van der Waals surface area contributed by atoms with Crippen LogP contribution in [0, 0.1) is 0 Å². The summed E-state index contributed by atoms with van der Waals surface area (Å²) in [6, 6.07) is 8.25. The van der Waals surface area contributed by atoms with Gasteiger partial charge in [-0.05, 0) is 54.2 Å². The number of nitrogens with zero attached hydrogens (tertiary/aromatic N) is 1. The minimum absolute atomic E-state index is 0.0827. The molecular weight excluding hydrogens is 334 g/mol. The number of carbonyl (C=O) groups excluding carboxylic acids is 1. The Morgan fingerprint density at radius 1 is 1.25 bits per heavy atom. The molecule has 0 aliphatic carbocycles. The van der Waals surface area contributed by atoms with Crippen LogP contribution in [-0.4, -0.2) is 38.1 Å². The maximum absolute atomic E-state index is 12.1. The first-order valence-corrected chi connectivity index (χ1v) is 8.39. The van der Waals surface area contributed by atoms with E-state index in [0.717, 1.165) is 5.56 Å². The van der Waals surface area contributed by atoms with E-state index in [1.807, 2.05) is 25.5 Å². The Labute approximate surface area is 144 Å². The third-order valence-corrected chi connectivity index (χ3v) is 4.26. The summed E-state index contributed by atoms with van der Waals surface area (Å²) >= 11 is 1.62. The topological polar surface area (TPSA) is 41.6 Å². The summed E-state index contributed by atoms with van der Waals surface area (Å²) in [7, 11) is 3.94. The van der Waals surface area contributed by atoms with Crippen molar-refractivity contribution in [2.75, 3.05) is 20.6 Å². The minimum atomic E-state index is -2.85. The van der Waals surface area contributed by atoms with Crippen molar-refractivity contribution >= 4 is 17.2 Å². The van der Waals surface area contributed by atoms with Gasteiger partial charge in [-0.25, -0.2) is 0 Å². The summed E-state index contributed by atoms with van der Waals surface area (Å²) in [6.07, 6.45) is 0.193. The van der Waals surface area contributed by atoms with Gasteiger partial charge in [0, 0.05) is 6.54 Å². The van der Waals surface area contributed by atoms with Gasteiger partial charge in [0.2, 0.25) is 5.91 Å². The zero-order valence-corrected chi connectivity index (χ0v) is 14.4. The highest BCUT2D eigenvalue weighted by molar-refractivity contribution is 7.07. The summed E-state index contributed by atoms with van der Waals surface area (Å²) in [5.74, 6) is -0.0288. The van der Waals surface area contributed by atoms with E-state index in [1.54, 1.807) is 23.5 Å². The summed E-state index contributed by atoms with van der Waals surface area (Å²) in [5.41, 5.74) is 1.91. The zero-order chi connectivity index (χ0) is 17.5. The maximum atomic E-state index is 12.1. The molecular formula is C17H20F2N2O2S. The molecule has 24 heavy (non-hydrogen) atoms. The molecule has 4 nitrogen and oxygen atoms in total. The average Bonchev–Trinajstić information content (AvgIpc) is 3.02. The number of carbonyl (C=O) groups is 1. The number of hydrogen-bond donors (Lipinski definition) is 1. The molecule has 1 N–H and O–H groups in total. The van der Waals surface area contributed by atoms with Crippen LogP contribution in [0.5, 0.6) is 5.75 Å². The van der Waals surface area contributed by atoms with Crippen LogP contribution in [-0.2, 0) is 11.2 Å². The van der Waals surface area contributed by atoms with Crippen LogP contribution in [0.25, 0.3) is 0 Å². The average molecular weight is 354 g/mol. The standard InChI is InChI=1S/C17H20F2N2O2S/c1-21(2)15(13-7-8-24-11-13)10-20-16(22)9-12-3-5-14(6-4-12)23-17(18)19/h3-8,11,15,17H,9-10H2,1-2H3,(H,20,22)/t15-/m1/s1. The molecule has 130 valence electrons. The number of rotatable bonds is 8. The molecule has 1 amide bonds. The van der Waals surface area contributed by atoms with Crippen molar-refractivity contribution in [2.24, 2.45) is 0 Å². The highest BCUT2D eigenvalue weighted by atomic mass is 32.1. The number of benzene rings is 1. The molecule has 0 aliphatic heterocycles. The fourth-order valence-corrected chi connectivity index (χ4v) is 3.02. The van der Waals surface area contributed by atoms with E-state index in [2.05, 4.69) is 20.3 Å². The highest BCUT2D eigenvalue weighted by Gasteiger charge is 2.15. The number of alkyl halides is 2. The highest BCUT2D eigenvalue weighted by Crippen LogP contribution is 2.20. The second kappa shape index (κ2) is 8.75. The summed E-state index contributed by atoms with van der Waals surface area (Å²) < 4.78 is 28.5. The Bertz CT molecular complexity index is 631. The van der Waals surface area contributed by atoms with Gasteiger partial charge < -0.3 is 15.0 Å². The van der Waals surface area contributed by atoms with Gasteiger partial charge >= 0.3 is 6.61 Å². The lowest BCUT2D eigenvalue weighted by Crippen LogP contribution is -2.35. The number of amides is 1. The van der Waals surface area contributed by atoms with Crippen molar-refractivity contribution in [1.29, 1.82) is 0 Å². The lowest BCUT2D eigenvalue weighted by molar-refractivity contribution is -0.120. The van der Waals surface area contributed by atoms with E-state index in [0.29, 0.717) is 6.54 Å². The number of thiophene rings is 1. The number of likely N-dealkylation sites (N-methyl/N-ethyl adjacent to an activating group) is 1. The quantitative estimate of drug-likeness (QED) is 0.791. The molecule has 0 aliphatic rings. The second-order valence-electron chi connectivity index (χ2n) is 5.54. The van der Waals surface area contributed by atoms with Crippen LogP contribution < -0.4 is 10.1 Å². The van der Waals surface area contributed by atoms with Gasteiger partial charge in [0.1, 0.15) is 5.75 Å². The Morgan fingerprint density at radius 3 is 2.50 bits per heavy atom. The van der Waals surface area contributed by atoms with Crippen LogP contribution >= 0.6 is 11.3 Å². The van der Waals surface area contributed by atoms with Crippen LogP contribution in [0.15, 0.2) is 41.1 Å². The normalized spacial score (nSPS) is 12.4. The third kappa shape index (κ3) is 5.58. The lowest BCUT2D eigenvalue weighted by atomic mass is 10.1. The molecule has 7 heteroatoms. The van der Waals surface area contributed by atoms with Crippen molar-refractivity contribution in [2.45, 2.75) is 19.1 Å². The monoisotopic (exact) mass is 354 g/mol. The van der Waals surface area contributed by atoms with Crippen LogP contribution in [0.3, 0.4) is 0 Å². The van der Waals surface area contributed by atoms with Gasteiger partial charge in [-0.15, -0.1) is 0 Å². The molecule has 0 unspecified atom stereocenters. The fraction of sp³-hybridized carbons (Fsp3) is 0.353. The SMILES string of the molecule is CN(C)[C@H](CNC(=O)Cc1ccc(OC(F)F)cc1)c1ccsc1. The van der Waals surface area contributed by atoms with Gasteiger partial charge in [0.05, 0.1) is 12.5 Å². The number of halogens is 2. The molecule has 0 saturated carbocycles. The first kappa shape index (κ1) is 18.4.